The van der Waals surface area contributed by atoms with E-state index in [1.54, 1.807) is 6.08 Å². The Morgan fingerprint density at radius 2 is 1.55 bits per heavy atom. The summed E-state index contributed by atoms with van der Waals surface area (Å²) >= 11 is 0. The number of piperidine rings is 1. The summed E-state index contributed by atoms with van der Waals surface area (Å²) in [6.45, 7) is 5.47. The number of hydrogen-bond acceptors (Lipinski definition) is 8. The topological polar surface area (TPSA) is 175 Å². The van der Waals surface area contributed by atoms with E-state index in [2.05, 4.69) is 16.0 Å². The van der Waals surface area contributed by atoms with Crippen molar-refractivity contribution in [3.05, 3.63) is 47.5 Å². The Morgan fingerprint density at radius 3 is 2.24 bits per heavy atom. The van der Waals surface area contributed by atoms with Crippen molar-refractivity contribution >= 4 is 41.4 Å². The van der Waals surface area contributed by atoms with Gasteiger partial charge in [0.15, 0.2) is 0 Å². The summed E-state index contributed by atoms with van der Waals surface area (Å²) in [5.74, 6) is -6.21. The Balaban J connectivity index is 1.46. The maximum Gasteiger partial charge on any atom is 0.328 e. The van der Waals surface area contributed by atoms with Crippen LogP contribution >= 0.6 is 0 Å². The van der Waals surface area contributed by atoms with Crippen LogP contribution in [0.4, 0.5) is 8.78 Å². The lowest BCUT2D eigenvalue weighted by molar-refractivity contribution is -0.158. The number of allylic oxidation sites excluding steroid dienone is 1. The van der Waals surface area contributed by atoms with Gasteiger partial charge in [-0.1, -0.05) is 32.8 Å². The minimum atomic E-state index is -1.55. The van der Waals surface area contributed by atoms with Gasteiger partial charge in [0.25, 0.3) is 0 Å². The highest BCUT2D eigenvalue weighted by Gasteiger charge is 2.46. The normalized spacial score (nSPS) is 27.3. The van der Waals surface area contributed by atoms with E-state index in [9.17, 15) is 42.3 Å². The summed E-state index contributed by atoms with van der Waals surface area (Å²) in [5.41, 5.74) is 0.0588. The summed E-state index contributed by atoms with van der Waals surface area (Å²) < 4.78 is 34.0. The molecule has 1 aromatic carbocycles. The Labute approximate surface area is 319 Å². The maximum atomic E-state index is 14.4. The first-order valence-electron chi connectivity index (χ1n) is 19.4. The van der Waals surface area contributed by atoms with Gasteiger partial charge >= 0.3 is 5.97 Å². The molecule has 0 aromatic heterocycles. The molecule has 4 aliphatic heterocycles. The lowest BCUT2D eigenvalue weighted by atomic mass is 9.91. The number of amides is 6. The molecule has 5 rings (SSSR count). The van der Waals surface area contributed by atoms with Crippen LogP contribution in [0, 0.1) is 17.6 Å². The monoisotopic (exact) mass is 770 g/mol. The van der Waals surface area contributed by atoms with Crippen LogP contribution < -0.4 is 16.0 Å². The molecule has 16 heteroatoms. The van der Waals surface area contributed by atoms with Crippen LogP contribution in [0.25, 0.3) is 0 Å². The molecule has 4 fully saturated rings. The second-order valence-electron chi connectivity index (χ2n) is 15.1. The van der Waals surface area contributed by atoms with E-state index in [1.807, 2.05) is 13.8 Å². The molecular weight excluding hydrogens is 718 g/mol. The van der Waals surface area contributed by atoms with Gasteiger partial charge in [-0.3, -0.25) is 28.8 Å². The first-order chi connectivity index (χ1) is 26.3. The predicted octanol–water partition coefficient (Wildman–Crippen LogP) is 1.89. The van der Waals surface area contributed by atoms with E-state index in [1.165, 1.54) is 27.7 Å². The van der Waals surface area contributed by atoms with Crippen molar-refractivity contribution in [3.63, 3.8) is 0 Å². The van der Waals surface area contributed by atoms with Crippen LogP contribution in [0.3, 0.4) is 0 Å². The molecule has 7 atom stereocenters. The Hall–Kier alpha value is -4.89. The number of cyclic esters (lactones) is 1. The molecular formula is C39H52F2N6O8. The number of halogens is 2. The van der Waals surface area contributed by atoms with Crippen molar-refractivity contribution < 1.29 is 47.1 Å². The van der Waals surface area contributed by atoms with Gasteiger partial charge in [0.1, 0.15) is 54.5 Å². The SMILES string of the molecule is CCCCC=CC(=O)N[C@@H](Cc1cc(F)cc(F)c1)C(=O)N[C@H]1COC(=O)[C@@H]2CCCN2C(=O)[C@H](C)NC(=O)[C@@H]2CC(C)CCN2C(=O)[C@@H]2CCCN2C1=O. The lowest BCUT2D eigenvalue weighted by Crippen LogP contribution is -2.62. The van der Waals surface area contributed by atoms with Crippen molar-refractivity contribution in [1.82, 2.24) is 30.7 Å². The predicted molar refractivity (Wildman–Crippen MR) is 195 cm³/mol. The number of rotatable bonds is 9. The third-order valence-corrected chi connectivity index (χ3v) is 10.8. The standard InChI is InChI=1S/C39H52F2N6O8/c1-4-5-6-7-12-33(48)43-28(20-25-18-26(40)21-27(41)19-25)34(49)44-29-22-55-39(54)31-11-9-15-46(31)36(51)24(3)42-35(50)32-17-23(2)13-16-47(32)38(53)30-10-8-14-45(30)37(29)52/h7,12,18-19,21,23-24,28-32H,4-6,8-11,13-17,20,22H2,1-3H3,(H,42,50)(H,43,48)(H,44,49)/t23?,24-,28-,29-,30-,31-,32-/m0/s1. The summed E-state index contributed by atoms with van der Waals surface area (Å²) in [5, 5.41) is 7.92. The highest BCUT2D eigenvalue weighted by molar-refractivity contribution is 5.98. The van der Waals surface area contributed by atoms with Crippen molar-refractivity contribution in [3.8, 4) is 0 Å². The molecule has 0 spiro atoms. The molecule has 4 aliphatic rings. The fourth-order valence-corrected chi connectivity index (χ4v) is 7.84. The van der Waals surface area contributed by atoms with Crippen molar-refractivity contribution in [2.75, 3.05) is 26.2 Å². The smallest absolute Gasteiger partial charge is 0.328 e. The average Bonchev–Trinajstić information content (AvgIpc) is 3.84. The number of fused-ring (bicyclic) bond motifs is 3. The number of nitrogens with zero attached hydrogens (tertiary/aromatic N) is 3. The minimum absolute atomic E-state index is 0.0588. The molecule has 1 aromatic rings. The van der Waals surface area contributed by atoms with E-state index < -0.39 is 95.9 Å². The largest absolute Gasteiger partial charge is 0.461 e. The van der Waals surface area contributed by atoms with Gasteiger partial charge in [-0.2, -0.15) is 0 Å². The molecule has 55 heavy (non-hydrogen) atoms. The van der Waals surface area contributed by atoms with E-state index in [4.69, 9.17) is 4.74 Å². The Morgan fingerprint density at radius 1 is 0.891 bits per heavy atom. The minimum Gasteiger partial charge on any atom is -0.461 e. The van der Waals surface area contributed by atoms with Gasteiger partial charge in [0.2, 0.25) is 35.4 Å². The molecule has 6 amide bonds. The van der Waals surface area contributed by atoms with Gasteiger partial charge in [0.05, 0.1) is 0 Å². The number of carbonyl (C=O) groups is 7. The van der Waals surface area contributed by atoms with Crippen molar-refractivity contribution in [2.24, 2.45) is 5.92 Å². The number of benzene rings is 1. The third kappa shape index (κ3) is 10.3. The van der Waals surface area contributed by atoms with Crippen LogP contribution in [-0.4, -0.2) is 119 Å². The Kier molecular flexibility index (Phi) is 14.0. The third-order valence-electron chi connectivity index (χ3n) is 10.8. The molecule has 14 nitrogen and oxygen atoms in total. The Bertz CT molecular complexity index is 1650. The summed E-state index contributed by atoms with van der Waals surface area (Å²) in [7, 11) is 0. The molecule has 1 unspecified atom stereocenters. The highest BCUT2D eigenvalue weighted by atomic mass is 19.1. The van der Waals surface area contributed by atoms with E-state index in [-0.39, 0.29) is 50.4 Å². The molecule has 0 radical (unpaired) electrons. The molecule has 3 N–H and O–H groups in total. The zero-order chi connectivity index (χ0) is 39.8. The average molecular weight is 771 g/mol. The van der Waals surface area contributed by atoms with Crippen molar-refractivity contribution in [1.29, 1.82) is 0 Å². The van der Waals surface area contributed by atoms with E-state index in [0.717, 1.165) is 25.0 Å². The van der Waals surface area contributed by atoms with Gasteiger partial charge in [-0.05, 0) is 81.6 Å². The first kappa shape index (κ1) is 41.3. The lowest BCUT2D eigenvalue weighted by Gasteiger charge is -2.41. The first-order valence-corrected chi connectivity index (χ1v) is 19.4. The van der Waals surface area contributed by atoms with E-state index in [0.29, 0.717) is 38.2 Å². The fourth-order valence-electron chi connectivity index (χ4n) is 7.84. The molecule has 0 bridgehead atoms. The van der Waals surface area contributed by atoms with Gasteiger partial charge < -0.3 is 35.4 Å². The van der Waals surface area contributed by atoms with Crippen LogP contribution in [0.1, 0.15) is 84.1 Å². The molecule has 4 heterocycles. The van der Waals surface area contributed by atoms with Gasteiger partial charge in [-0.15, -0.1) is 0 Å². The van der Waals surface area contributed by atoms with Crippen LogP contribution in [0.15, 0.2) is 30.4 Å². The van der Waals surface area contributed by atoms with Crippen LogP contribution in [0.5, 0.6) is 0 Å². The second kappa shape index (κ2) is 18.6. The number of unbranched alkanes of at least 4 members (excludes halogenated alkanes) is 2. The van der Waals surface area contributed by atoms with Gasteiger partial charge in [0, 0.05) is 32.1 Å². The molecule has 0 aliphatic carbocycles. The summed E-state index contributed by atoms with van der Waals surface area (Å²) in [4.78, 5) is 101. The summed E-state index contributed by atoms with van der Waals surface area (Å²) in [6, 6.07) is -4.13. The second-order valence-corrected chi connectivity index (χ2v) is 15.1. The van der Waals surface area contributed by atoms with Crippen LogP contribution in [-0.2, 0) is 44.7 Å². The molecule has 0 saturated carbocycles. The van der Waals surface area contributed by atoms with Crippen molar-refractivity contribution in [2.45, 2.75) is 121 Å². The number of carbonyl (C=O) groups excluding carboxylic acids is 7. The molecule has 300 valence electrons. The number of ether oxygens (including phenoxy) is 1. The maximum absolute atomic E-state index is 14.4. The highest BCUT2D eigenvalue weighted by Crippen LogP contribution is 2.28. The number of hydrogen-bond donors (Lipinski definition) is 3. The number of nitrogens with one attached hydrogen (secondary N) is 3. The quantitative estimate of drug-likeness (QED) is 0.194. The zero-order valence-electron chi connectivity index (χ0n) is 31.7. The summed E-state index contributed by atoms with van der Waals surface area (Å²) in [6.07, 6.45) is 7.35. The fraction of sp³-hybridized carbons (Fsp3) is 0.615. The zero-order valence-corrected chi connectivity index (χ0v) is 31.7. The van der Waals surface area contributed by atoms with Crippen LogP contribution in [0.2, 0.25) is 0 Å². The van der Waals surface area contributed by atoms with Gasteiger partial charge in [-0.25, -0.2) is 13.6 Å². The molecule has 4 saturated heterocycles. The number of esters is 1. The van der Waals surface area contributed by atoms with E-state index >= 15 is 0 Å².